The average Bonchev–Trinajstić information content (AvgIpc) is 3.40. The van der Waals surface area contributed by atoms with Crippen LogP contribution in [0.1, 0.15) is 50.7 Å². The van der Waals surface area contributed by atoms with E-state index in [4.69, 9.17) is 9.47 Å². The Balaban J connectivity index is 1.26. The lowest BCUT2D eigenvalue weighted by atomic mass is 9.53. The maximum absolute atomic E-state index is 12.8. The molecule has 1 spiro atoms. The van der Waals surface area contributed by atoms with Crippen molar-refractivity contribution in [3.05, 3.63) is 29.8 Å². The number of benzene rings is 1. The normalized spacial score (nSPS) is 40.7. The smallest absolute Gasteiger partial charge is 0.310 e. The molecule has 164 valence electrons. The summed E-state index contributed by atoms with van der Waals surface area (Å²) < 4.78 is 11.9. The Bertz CT molecular complexity index is 806. The van der Waals surface area contributed by atoms with Crippen molar-refractivity contribution < 1.29 is 24.5 Å². The number of phenols is 1. The zero-order chi connectivity index (χ0) is 21.1. The SMILES string of the molecule is CN(C[C@H](O)c1ccc(O)cc1)C[C@H]1C(=O)O[C@@H]2C[C@@]3(C)CCC[C@@]4(CO4)[C@@H]3C[C@H]21. The molecular weight excluding hydrogens is 382 g/mol. The standard InChI is InChI=1S/C24H33NO5/c1-23-8-3-9-24(14-29-24)21(23)10-17-18(22(28)30-20(17)11-23)12-25(2)13-19(27)15-4-6-16(26)7-5-15/h4-7,17-21,26-27H,3,8-14H2,1-2H3/t17-,18+,19-,20+,21+,23+,24+/m0/s1. The van der Waals surface area contributed by atoms with Gasteiger partial charge < -0.3 is 24.6 Å². The van der Waals surface area contributed by atoms with Gasteiger partial charge in [0.1, 0.15) is 11.9 Å². The third kappa shape index (κ3) is 3.43. The van der Waals surface area contributed by atoms with Crippen molar-refractivity contribution in [1.29, 1.82) is 0 Å². The highest BCUT2D eigenvalue weighted by Crippen LogP contribution is 2.62. The lowest BCUT2D eigenvalue weighted by molar-refractivity contribution is -0.147. The second-order valence-electron chi connectivity index (χ2n) is 10.4. The van der Waals surface area contributed by atoms with E-state index in [0.29, 0.717) is 19.0 Å². The van der Waals surface area contributed by atoms with Crippen molar-refractivity contribution in [3.63, 3.8) is 0 Å². The van der Waals surface area contributed by atoms with Crippen molar-refractivity contribution in [2.75, 3.05) is 26.7 Å². The van der Waals surface area contributed by atoms with E-state index in [1.165, 1.54) is 12.8 Å². The molecule has 0 bridgehead atoms. The summed E-state index contributed by atoms with van der Waals surface area (Å²) in [6, 6.07) is 6.62. The molecule has 0 aromatic heterocycles. The topological polar surface area (TPSA) is 82.5 Å². The van der Waals surface area contributed by atoms with Crippen LogP contribution in [-0.2, 0) is 14.3 Å². The summed E-state index contributed by atoms with van der Waals surface area (Å²) in [5.74, 6) is 0.717. The lowest BCUT2D eigenvalue weighted by Gasteiger charge is -2.51. The second kappa shape index (κ2) is 7.21. The van der Waals surface area contributed by atoms with Gasteiger partial charge in [0.2, 0.25) is 0 Å². The number of nitrogens with zero attached hydrogens (tertiary/aromatic N) is 1. The molecule has 4 aliphatic rings. The highest BCUT2D eigenvalue weighted by molar-refractivity contribution is 5.75. The van der Waals surface area contributed by atoms with Crippen LogP contribution in [0.15, 0.2) is 24.3 Å². The van der Waals surface area contributed by atoms with Gasteiger partial charge in [0.05, 0.1) is 24.2 Å². The van der Waals surface area contributed by atoms with Crippen LogP contribution < -0.4 is 0 Å². The van der Waals surface area contributed by atoms with Crippen LogP contribution in [0.5, 0.6) is 5.75 Å². The number of aromatic hydroxyl groups is 1. The summed E-state index contributed by atoms with van der Waals surface area (Å²) >= 11 is 0. The van der Waals surface area contributed by atoms with Crippen molar-refractivity contribution in [3.8, 4) is 5.75 Å². The van der Waals surface area contributed by atoms with Crippen molar-refractivity contribution in [2.45, 2.75) is 56.8 Å². The number of carbonyl (C=O) groups is 1. The Hall–Kier alpha value is -1.63. The van der Waals surface area contributed by atoms with Crippen LogP contribution >= 0.6 is 0 Å². The first-order valence-corrected chi connectivity index (χ1v) is 11.3. The van der Waals surface area contributed by atoms with Gasteiger partial charge >= 0.3 is 5.97 Å². The number of fused-ring (bicyclic) bond motifs is 3. The van der Waals surface area contributed by atoms with Gasteiger partial charge in [0.15, 0.2) is 0 Å². The Morgan fingerprint density at radius 1 is 1.27 bits per heavy atom. The zero-order valence-electron chi connectivity index (χ0n) is 17.9. The Kier molecular flexibility index (Phi) is 4.88. The highest BCUT2D eigenvalue weighted by atomic mass is 16.6. The number of epoxide rings is 1. The molecule has 5 rings (SSSR count). The molecule has 2 aliphatic heterocycles. The predicted octanol–water partition coefficient (Wildman–Crippen LogP) is 2.88. The van der Waals surface area contributed by atoms with Crippen LogP contribution in [-0.4, -0.2) is 59.5 Å². The molecule has 1 aromatic rings. The van der Waals surface area contributed by atoms with Crippen LogP contribution in [0.4, 0.5) is 0 Å². The van der Waals surface area contributed by atoms with E-state index in [1.807, 2.05) is 11.9 Å². The fraction of sp³-hybridized carbons (Fsp3) is 0.708. The van der Waals surface area contributed by atoms with E-state index < -0.39 is 6.10 Å². The molecule has 0 unspecified atom stereocenters. The van der Waals surface area contributed by atoms with Crippen molar-refractivity contribution in [1.82, 2.24) is 4.90 Å². The van der Waals surface area contributed by atoms with Gasteiger partial charge in [0, 0.05) is 19.0 Å². The number of likely N-dealkylation sites (N-methyl/N-ethyl adjacent to an activating group) is 1. The molecule has 6 heteroatoms. The molecular formula is C24H33NO5. The van der Waals surface area contributed by atoms with E-state index in [1.54, 1.807) is 24.3 Å². The van der Waals surface area contributed by atoms with Gasteiger partial charge in [-0.2, -0.15) is 0 Å². The number of aliphatic hydroxyl groups excluding tert-OH is 1. The molecule has 7 atom stereocenters. The van der Waals surface area contributed by atoms with Crippen LogP contribution in [0.25, 0.3) is 0 Å². The number of ether oxygens (including phenoxy) is 2. The van der Waals surface area contributed by atoms with Crippen LogP contribution in [0, 0.1) is 23.2 Å². The first kappa shape index (κ1) is 20.3. The van der Waals surface area contributed by atoms with Crippen molar-refractivity contribution in [2.24, 2.45) is 23.2 Å². The number of hydrogen-bond donors (Lipinski definition) is 2. The second-order valence-corrected chi connectivity index (χ2v) is 10.4. The minimum atomic E-state index is -0.667. The lowest BCUT2D eigenvalue weighted by Crippen LogP contribution is -2.51. The van der Waals surface area contributed by atoms with Gasteiger partial charge in [-0.25, -0.2) is 0 Å². The number of carbonyl (C=O) groups excluding carboxylic acids is 1. The summed E-state index contributed by atoms with van der Waals surface area (Å²) in [4.78, 5) is 14.8. The summed E-state index contributed by atoms with van der Waals surface area (Å²) in [6.07, 6.45) is 4.88. The molecule has 0 amide bonds. The van der Waals surface area contributed by atoms with Crippen LogP contribution in [0.2, 0.25) is 0 Å². The largest absolute Gasteiger partial charge is 0.508 e. The Morgan fingerprint density at radius 3 is 2.70 bits per heavy atom. The van der Waals surface area contributed by atoms with Crippen molar-refractivity contribution >= 4 is 5.97 Å². The molecule has 6 nitrogen and oxygen atoms in total. The Morgan fingerprint density at radius 2 is 2.00 bits per heavy atom. The first-order valence-electron chi connectivity index (χ1n) is 11.3. The molecule has 30 heavy (non-hydrogen) atoms. The van der Waals surface area contributed by atoms with E-state index in [0.717, 1.165) is 31.4 Å². The van der Waals surface area contributed by atoms with Gasteiger partial charge in [0.25, 0.3) is 0 Å². The van der Waals surface area contributed by atoms with E-state index in [9.17, 15) is 15.0 Å². The summed E-state index contributed by atoms with van der Waals surface area (Å²) in [5, 5.41) is 20.0. The minimum Gasteiger partial charge on any atom is -0.508 e. The quantitative estimate of drug-likeness (QED) is 0.568. The molecule has 2 N–H and O–H groups in total. The fourth-order valence-electron chi connectivity index (χ4n) is 6.67. The Labute approximate surface area is 178 Å². The summed E-state index contributed by atoms with van der Waals surface area (Å²) in [5.41, 5.74) is 1.04. The molecule has 0 radical (unpaired) electrons. The molecule has 1 aromatic carbocycles. The summed E-state index contributed by atoms with van der Waals surface area (Å²) in [6.45, 7) is 4.27. The average molecular weight is 416 g/mol. The predicted molar refractivity (Wildman–Crippen MR) is 111 cm³/mol. The van der Waals surface area contributed by atoms with Gasteiger partial charge in [-0.1, -0.05) is 19.1 Å². The highest BCUT2D eigenvalue weighted by Gasteiger charge is 2.65. The molecule has 4 fully saturated rings. The fourth-order valence-corrected chi connectivity index (χ4v) is 6.67. The summed E-state index contributed by atoms with van der Waals surface area (Å²) in [7, 11) is 1.95. The maximum atomic E-state index is 12.8. The molecule has 2 saturated heterocycles. The molecule has 2 heterocycles. The van der Waals surface area contributed by atoms with E-state index in [2.05, 4.69) is 6.92 Å². The van der Waals surface area contributed by atoms with Gasteiger partial charge in [-0.3, -0.25) is 4.79 Å². The monoisotopic (exact) mass is 415 g/mol. The maximum Gasteiger partial charge on any atom is 0.310 e. The minimum absolute atomic E-state index is 0.0214. The van der Waals surface area contributed by atoms with E-state index in [-0.39, 0.29) is 40.7 Å². The van der Waals surface area contributed by atoms with Gasteiger partial charge in [-0.05, 0) is 68.2 Å². The zero-order valence-corrected chi connectivity index (χ0v) is 17.9. The number of rotatable bonds is 5. The number of hydrogen-bond acceptors (Lipinski definition) is 6. The van der Waals surface area contributed by atoms with E-state index >= 15 is 0 Å². The van der Waals surface area contributed by atoms with Crippen LogP contribution in [0.3, 0.4) is 0 Å². The molecule has 2 saturated carbocycles. The van der Waals surface area contributed by atoms with Gasteiger partial charge in [-0.15, -0.1) is 0 Å². The third-order valence-electron chi connectivity index (χ3n) is 8.35. The number of esters is 1. The molecule has 2 aliphatic carbocycles. The third-order valence-corrected chi connectivity index (χ3v) is 8.35. The number of aliphatic hydroxyl groups is 1. The number of phenolic OH excluding ortho intramolecular Hbond substituents is 1. The first-order chi connectivity index (χ1) is 14.3.